The number of amides is 1. The lowest BCUT2D eigenvalue weighted by Crippen LogP contribution is -2.19. The minimum Gasteiger partial charge on any atom is -0.508 e. The van der Waals surface area contributed by atoms with E-state index in [1.807, 2.05) is 30.3 Å². The highest BCUT2D eigenvalue weighted by Crippen LogP contribution is 2.36. The predicted octanol–water partition coefficient (Wildman–Crippen LogP) is 4.50. The molecule has 0 radical (unpaired) electrons. The molecule has 0 aliphatic carbocycles. The van der Waals surface area contributed by atoms with Gasteiger partial charge in [-0.1, -0.05) is 53.7 Å². The second kappa shape index (κ2) is 9.71. The molecule has 1 unspecified atom stereocenters. The molecule has 0 aliphatic heterocycles. The number of nitrogens with one attached hydrogen (secondary N) is 1. The minimum absolute atomic E-state index is 0.135. The number of rotatable bonds is 7. The maximum absolute atomic E-state index is 13.3. The number of hydrogen-bond acceptors (Lipinski definition) is 7. The molecule has 0 fully saturated rings. The second-order valence-electron chi connectivity index (χ2n) is 6.64. The van der Waals surface area contributed by atoms with Crippen LogP contribution in [0.4, 0.5) is 5.69 Å². The number of nitrogens with zero attached hydrogens (tertiary/aromatic N) is 4. The van der Waals surface area contributed by atoms with Crippen molar-refractivity contribution in [3.63, 3.8) is 0 Å². The SMILES string of the molecule is COc1ccc(NC(=O)C(Sc2nnnn2-c2ccc(O)cc2)c2ccccc2)cc1Cl. The summed E-state index contributed by atoms with van der Waals surface area (Å²) in [6.45, 7) is 0. The van der Waals surface area contributed by atoms with E-state index in [9.17, 15) is 9.90 Å². The third-order valence-corrected chi connectivity index (χ3v) is 6.00. The van der Waals surface area contributed by atoms with E-state index in [1.165, 1.54) is 23.6 Å². The first kappa shape index (κ1) is 21.7. The van der Waals surface area contributed by atoms with Crippen LogP contribution >= 0.6 is 23.4 Å². The van der Waals surface area contributed by atoms with E-state index in [4.69, 9.17) is 16.3 Å². The minimum atomic E-state index is -0.640. The van der Waals surface area contributed by atoms with Crippen LogP contribution < -0.4 is 10.1 Å². The largest absolute Gasteiger partial charge is 0.508 e. The van der Waals surface area contributed by atoms with Crippen LogP contribution in [0.15, 0.2) is 78.0 Å². The lowest BCUT2D eigenvalue weighted by Gasteiger charge is -2.17. The fourth-order valence-electron chi connectivity index (χ4n) is 2.97. The Morgan fingerprint density at radius 3 is 2.56 bits per heavy atom. The van der Waals surface area contributed by atoms with Crippen molar-refractivity contribution in [1.82, 2.24) is 20.2 Å². The molecule has 0 saturated carbocycles. The van der Waals surface area contributed by atoms with Gasteiger partial charge in [-0.05, 0) is 58.5 Å². The molecule has 1 amide bonds. The average molecular weight is 468 g/mol. The van der Waals surface area contributed by atoms with Gasteiger partial charge in [0.2, 0.25) is 11.1 Å². The number of phenols is 1. The first-order chi connectivity index (χ1) is 15.5. The highest BCUT2D eigenvalue weighted by Gasteiger charge is 2.25. The summed E-state index contributed by atoms with van der Waals surface area (Å²) in [5.41, 5.74) is 1.99. The van der Waals surface area contributed by atoms with Crippen molar-refractivity contribution in [3.8, 4) is 17.2 Å². The Bertz CT molecular complexity index is 1220. The Hall–Kier alpha value is -3.56. The van der Waals surface area contributed by atoms with Crippen LogP contribution in [0.5, 0.6) is 11.5 Å². The number of aromatic hydroxyl groups is 1. The smallest absolute Gasteiger partial charge is 0.242 e. The summed E-state index contributed by atoms with van der Waals surface area (Å²) in [5, 5.41) is 24.5. The van der Waals surface area contributed by atoms with Gasteiger partial charge >= 0.3 is 0 Å². The van der Waals surface area contributed by atoms with Crippen LogP contribution in [0.1, 0.15) is 10.8 Å². The zero-order valence-corrected chi connectivity index (χ0v) is 18.4. The van der Waals surface area contributed by atoms with Crippen molar-refractivity contribution in [1.29, 1.82) is 0 Å². The average Bonchev–Trinajstić information content (AvgIpc) is 3.27. The van der Waals surface area contributed by atoms with Gasteiger partial charge in [0.25, 0.3) is 0 Å². The molecule has 0 spiro atoms. The number of methoxy groups -OCH3 is 1. The molecule has 0 saturated heterocycles. The molecule has 0 aliphatic rings. The summed E-state index contributed by atoms with van der Waals surface area (Å²) in [5.74, 6) is 0.394. The third-order valence-electron chi connectivity index (χ3n) is 4.52. The van der Waals surface area contributed by atoms with E-state index in [2.05, 4.69) is 20.8 Å². The fraction of sp³-hybridized carbons (Fsp3) is 0.0909. The number of phenolic OH excluding ortho intramolecular Hbond substituents is 1. The Balaban J connectivity index is 1.63. The van der Waals surface area contributed by atoms with E-state index in [-0.39, 0.29) is 11.7 Å². The van der Waals surface area contributed by atoms with E-state index < -0.39 is 5.25 Å². The monoisotopic (exact) mass is 467 g/mol. The van der Waals surface area contributed by atoms with Crippen molar-refractivity contribution < 1.29 is 14.6 Å². The zero-order chi connectivity index (χ0) is 22.5. The molecule has 162 valence electrons. The summed E-state index contributed by atoms with van der Waals surface area (Å²) in [7, 11) is 1.53. The highest BCUT2D eigenvalue weighted by atomic mass is 35.5. The van der Waals surface area contributed by atoms with Gasteiger partial charge in [-0.25, -0.2) is 0 Å². The van der Waals surface area contributed by atoms with Crippen molar-refractivity contribution in [2.75, 3.05) is 12.4 Å². The van der Waals surface area contributed by atoms with Gasteiger partial charge in [-0.2, -0.15) is 4.68 Å². The first-order valence-corrected chi connectivity index (χ1v) is 10.7. The fourth-order valence-corrected chi connectivity index (χ4v) is 4.22. The molecule has 8 nitrogen and oxygen atoms in total. The number of hydrogen-bond donors (Lipinski definition) is 2. The standard InChI is InChI=1S/C22H18ClN5O3S/c1-31-19-12-7-15(13-18(19)23)24-21(30)20(14-5-3-2-4-6-14)32-22-25-26-27-28(22)16-8-10-17(29)11-9-16/h2-13,20,29H,1H3,(H,24,30). The summed E-state index contributed by atoms with van der Waals surface area (Å²) < 4.78 is 6.68. The number of halogens is 1. The second-order valence-corrected chi connectivity index (χ2v) is 8.12. The Morgan fingerprint density at radius 2 is 1.88 bits per heavy atom. The van der Waals surface area contributed by atoms with Gasteiger partial charge < -0.3 is 15.2 Å². The van der Waals surface area contributed by atoms with E-state index >= 15 is 0 Å². The predicted molar refractivity (Wildman–Crippen MR) is 122 cm³/mol. The van der Waals surface area contributed by atoms with Gasteiger partial charge in [-0.15, -0.1) is 5.10 Å². The number of anilines is 1. The topological polar surface area (TPSA) is 102 Å². The summed E-state index contributed by atoms with van der Waals surface area (Å²) in [4.78, 5) is 13.3. The van der Waals surface area contributed by atoms with Gasteiger partial charge in [0.15, 0.2) is 0 Å². The molecule has 1 aromatic heterocycles. The quantitative estimate of drug-likeness (QED) is 0.386. The molecule has 0 bridgehead atoms. The first-order valence-electron chi connectivity index (χ1n) is 9.49. The third kappa shape index (κ3) is 4.84. The van der Waals surface area contributed by atoms with Crippen LogP contribution in [0, 0.1) is 0 Å². The summed E-state index contributed by atoms with van der Waals surface area (Å²) in [6.07, 6.45) is 0. The number of carbonyl (C=O) groups excluding carboxylic acids is 1. The molecule has 32 heavy (non-hydrogen) atoms. The van der Waals surface area contributed by atoms with E-state index in [1.54, 1.807) is 42.5 Å². The molecule has 1 heterocycles. The Labute approximate surface area is 193 Å². The maximum atomic E-state index is 13.3. The van der Waals surface area contributed by atoms with E-state index in [0.29, 0.717) is 27.3 Å². The van der Waals surface area contributed by atoms with Crippen LogP contribution in [0.25, 0.3) is 5.69 Å². The molecule has 10 heteroatoms. The van der Waals surface area contributed by atoms with Gasteiger partial charge in [0.1, 0.15) is 16.7 Å². The molecule has 4 rings (SSSR count). The molecular formula is C22H18ClN5O3S. The zero-order valence-electron chi connectivity index (χ0n) is 16.8. The molecule has 2 N–H and O–H groups in total. The Kier molecular flexibility index (Phi) is 6.58. The normalized spacial score (nSPS) is 11.7. The lowest BCUT2D eigenvalue weighted by molar-refractivity contribution is -0.115. The van der Waals surface area contributed by atoms with Crippen molar-refractivity contribution in [2.45, 2.75) is 10.4 Å². The van der Waals surface area contributed by atoms with Gasteiger partial charge in [-0.3, -0.25) is 4.79 Å². The van der Waals surface area contributed by atoms with Gasteiger partial charge in [0, 0.05) is 5.69 Å². The summed E-state index contributed by atoms with van der Waals surface area (Å²) >= 11 is 7.40. The van der Waals surface area contributed by atoms with Gasteiger partial charge in [0.05, 0.1) is 17.8 Å². The van der Waals surface area contributed by atoms with Crippen LogP contribution in [0.3, 0.4) is 0 Å². The number of carbonyl (C=O) groups is 1. The van der Waals surface area contributed by atoms with Crippen LogP contribution in [0.2, 0.25) is 5.02 Å². The number of ether oxygens (including phenoxy) is 1. The van der Waals surface area contributed by atoms with Crippen molar-refractivity contribution in [3.05, 3.63) is 83.4 Å². The summed E-state index contributed by atoms with van der Waals surface area (Å²) in [6, 6.07) is 20.8. The number of tetrazole rings is 1. The maximum Gasteiger partial charge on any atom is 0.242 e. The molecule has 1 atom stereocenters. The number of thioether (sulfide) groups is 1. The van der Waals surface area contributed by atoms with Crippen molar-refractivity contribution in [2.24, 2.45) is 0 Å². The molecular weight excluding hydrogens is 450 g/mol. The van der Waals surface area contributed by atoms with Crippen LogP contribution in [-0.4, -0.2) is 38.3 Å². The lowest BCUT2D eigenvalue weighted by atomic mass is 10.1. The van der Waals surface area contributed by atoms with E-state index in [0.717, 1.165) is 5.56 Å². The molecule has 4 aromatic rings. The molecule has 3 aromatic carbocycles. The Morgan fingerprint density at radius 1 is 1.12 bits per heavy atom. The van der Waals surface area contributed by atoms with Crippen LogP contribution in [-0.2, 0) is 4.79 Å². The number of benzene rings is 3. The van der Waals surface area contributed by atoms with Crippen molar-refractivity contribution >= 4 is 35.0 Å². The highest BCUT2D eigenvalue weighted by molar-refractivity contribution is 8.00. The number of aromatic nitrogens is 4.